The van der Waals surface area contributed by atoms with Gasteiger partial charge >= 0.3 is 0 Å². The highest BCUT2D eigenvalue weighted by atomic mass is 32.2. The van der Waals surface area contributed by atoms with Crippen LogP contribution in [0.5, 0.6) is 5.75 Å². The Labute approximate surface area is 156 Å². The Hall–Kier alpha value is -1.62. The zero-order valence-corrected chi connectivity index (χ0v) is 16.3. The molecule has 0 aliphatic heterocycles. The Morgan fingerprint density at radius 3 is 2.20 bits per heavy atom. The minimum Gasteiger partial charge on any atom is -0.507 e. The highest BCUT2D eigenvalue weighted by Gasteiger charge is 2.41. The van der Waals surface area contributed by atoms with E-state index in [1.54, 1.807) is 30.6 Å². The molecule has 0 bridgehead atoms. The van der Waals surface area contributed by atoms with Crippen molar-refractivity contribution in [3.63, 3.8) is 0 Å². The van der Waals surface area contributed by atoms with Gasteiger partial charge in [-0.25, -0.2) is 0 Å². The van der Waals surface area contributed by atoms with Gasteiger partial charge in [0.2, 0.25) is 0 Å². The topological polar surface area (TPSA) is 29.5 Å². The van der Waals surface area contributed by atoms with Gasteiger partial charge in [0.1, 0.15) is 11.4 Å². The van der Waals surface area contributed by atoms with Gasteiger partial charge in [0.25, 0.3) is 0 Å². The zero-order chi connectivity index (χ0) is 17.8. The van der Waals surface area contributed by atoms with Crippen molar-refractivity contribution >= 4 is 34.3 Å². The summed E-state index contributed by atoms with van der Waals surface area (Å²) in [7, 11) is 1.73. The van der Waals surface area contributed by atoms with Crippen molar-refractivity contribution in [3.8, 4) is 16.9 Å². The number of hydrogen-bond donors (Lipinski definition) is 1. The van der Waals surface area contributed by atoms with Crippen molar-refractivity contribution in [2.45, 2.75) is 22.3 Å². The molecule has 25 heavy (non-hydrogen) atoms. The molecule has 0 radical (unpaired) electrons. The van der Waals surface area contributed by atoms with Crippen LogP contribution < -0.4 is 0 Å². The lowest BCUT2D eigenvalue weighted by Gasteiger charge is -2.26. The quantitative estimate of drug-likeness (QED) is 0.585. The van der Waals surface area contributed by atoms with Crippen LogP contribution in [0.1, 0.15) is 18.1 Å². The van der Waals surface area contributed by atoms with Crippen LogP contribution >= 0.6 is 23.5 Å². The maximum Gasteiger partial charge on any atom is 0.123 e. The van der Waals surface area contributed by atoms with Crippen molar-refractivity contribution in [1.29, 1.82) is 0 Å². The van der Waals surface area contributed by atoms with Crippen LogP contribution in [0.3, 0.4) is 0 Å². The lowest BCUT2D eigenvalue weighted by Crippen LogP contribution is -2.22. The van der Waals surface area contributed by atoms with Gasteiger partial charge in [0, 0.05) is 27.9 Å². The van der Waals surface area contributed by atoms with Crippen LogP contribution in [0.2, 0.25) is 0 Å². The first-order chi connectivity index (χ1) is 12.0. The molecule has 0 fully saturated rings. The van der Waals surface area contributed by atoms with Crippen molar-refractivity contribution in [2.24, 2.45) is 0 Å². The largest absolute Gasteiger partial charge is 0.507 e. The van der Waals surface area contributed by atoms with E-state index < -0.39 is 5.60 Å². The molecular formula is C21H20O2S2. The van der Waals surface area contributed by atoms with Crippen molar-refractivity contribution < 1.29 is 9.84 Å². The Bertz CT molecular complexity index is 997. The molecule has 2 nitrogen and oxygen atoms in total. The molecule has 1 atom stereocenters. The summed E-state index contributed by atoms with van der Waals surface area (Å²) in [5, 5.41) is 12.7. The molecule has 4 heteroatoms. The van der Waals surface area contributed by atoms with Gasteiger partial charge in [-0.15, -0.1) is 23.5 Å². The minimum absolute atomic E-state index is 0.313. The average molecular weight is 369 g/mol. The minimum atomic E-state index is -0.546. The number of ether oxygens (including phenoxy) is 1. The summed E-state index contributed by atoms with van der Waals surface area (Å²) in [4.78, 5) is 2.42. The third-order valence-electron chi connectivity index (χ3n) is 5.25. The van der Waals surface area contributed by atoms with Gasteiger partial charge in [-0.05, 0) is 59.7 Å². The Morgan fingerprint density at radius 2 is 1.56 bits per heavy atom. The number of fused-ring (bicyclic) bond motifs is 5. The number of thioether (sulfide) groups is 2. The first-order valence-corrected chi connectivity index (χ1v) is 10.6. The number of rotatable bonds is 3. The second-order valence-corrected chi connectivity index (χ2v) is 8.05. The number of aromatic hydroxyl groups is 1. The van der Waals surface area contributed by atoms with E-state index in [1.165, 1.54) is 20.9 Å². The standard InChI is InChI=1S/C21H20O2S2/c1-21(23-2)15-8-6-5-7-12(15)20-14-10-19(25-4)18(24-3)9-13(14)17(22)11-16(20)21/h5-11,22H,1-4H3. The zero-order valence-electron chi connectivity index (χ0n) is 14.7. The summed E-state index contributed by atoms with van der Waals surface area (Å²) in [5.74, 6) is 0.313. The van der Waals surface area contributed by atoms with Gasteiger partial charge in [0.05, 0.1) is 0 Å². The molecule has 1 aliphatic rings. The summed E-state index contributed by atoms with van der Waals surface area (Å²) < 4.78 is 5.94. The lowest BCUT2D eigenvalue weighted by molar-refractivity contribution is 0.0429. The van der Waals surface area contributed by atoms with Gasteiger partial charge in [0.15, 0.2) is 0 Å². The first kappa shape index (κ1) is 16.8. The molecule has 4 rings (SSSR count). The molecule has 1 N–H and O–H groups in total. The average Bonchev–Trinajstić information content (AvgIpc) is 2.90. The third kappa shape index (κ3) is 2.24. The smallest absolute Gasteiger partial charge is 0.123 e. The molecule has 0 spiro atoms. The summed E-state index contributed by atoms with van der Waals surface area (Å²) in [6.45, 7) is 2.08. The molecule has 128 valence electrons. The fourth-order valence-electron chi connectivity index (χ4n) is 3.88. The summed E-state index contributed by atoms with van der Waals surface area (Å²) >= 11 is 3.45. The van der Waals surface area contributed by atoms with E-state index in [0.717, 1.165) is 21.9 Å². The number of phenolic OH excluding ortho intramolecular Hbond substituents is 1. The van der Waals surface area contributed by atoms with Gasteiger partial charge < -0.3 is 9.84 Å². The van der Waals surface area contributed by atoms with Crippen LogP contribution in [-0.4, -0.2) is 24.7 Å². The summed E-state index contributed by atoms with van der Waals surface area (Å²) in [5.41, 5.74) is 4.01. The summed E-state index contributed by atoms with van der Waals surface area (Å²) in [6.07, 6.45) is 4.17. The van der Waals surface area contributed by atoms with E-state index in [1.807, 2.05) is 12.1 Å². The van der Waals surface area contributed by atoms with Crippen LogP contribution in [0.15, 0.2) is 52.3 Å². The molecule has 0 saturated carbocycles. The van der Waals surface area contributed by atoms with Crippen molar-refractivity contribution in [2.75, 3.05) is 19.6 Å². The molecule has 0 heterocycles. The molecular weight excluding hydrogens is 348 g/mol. The number of phenols is 1. The van der Waals surface area contributed by atoms with Crippen LogP contribution in [-0.2, 0) is 10.3 Å². The predicted octanol–water partition coefficient (Wildman–Crippen LogP) is 5.88. The Kier molecular flexibility index (Phi) is 4.02. The van der Waals surface area contributed by atoms with Crippen LogP contribution in [0, 0.1) is 0 Å². The fourth-order valence-corrected chi connectivity index (χ4v) is 5.37. The van der Waals surface area contributed by atoms with E-state index in [2.05, 4.69) is 49.8 Å². The molecule has 3 aromatic carbocycles. The normalized spacial score (nSPS) is 18.4. The summed E-state index contributed by atoms with van der Waals surface area (Å²) in [6, 6.07) is 14.6. The van der Waals surface area contributed by atoms with Gasteiger partial charge in [-0.2, -0.15) is 0 Å². The van der Waals surface area contributed by atoms with Gasteiger partial charge in [-0.1, -0.05) is 24.3 Å². The van der Waals surface area contributed by atoms with Crippen molar-refractivity contribution in [3.05, 3.63) is 53.6 Å². The highest BCUT2D eigenvalue weighted by Crippen LogP contribution is 2.54. The maximum absolute atomic E-state index is 10.8. The van der Waals surface area contributed by atoms with E-state index in [-0.39, 0.29) is 0 Å². The Balaban J connectivity index is 2.18. The van der Waals surface area contributed by atoms with E-state index in [9.17, 15) is 5.11 Å². The second-order valence-electron chi connectivity index (χ2n) is 6.35. The first-order valence-electron chi connectivity index (χ1n) is 8.12. The Morgan fingerprint density at radius 1 is 0.920 bits per heavy atom. The molecule has 3 aromatic rings. The van der Waals surface area contributed by atoms with Gasteiger partial charge in [-0.3, -0.25) is 0 Å². The molecule has 0 saturated heterocycles. The third-order valence-corrected chi connectivity index (χ3v) is 6.94. The maximum atomic E-state index is 10.8. The second kappa shape index (κ2) is 5.97. The van der Waals surface area contributed by atoms with E-state index in [4.69, 9.17) is 4.74 Å². The molecule has 1 aliphatic carbocycles. The van der Waals surface area contributed by atoms with Crippen molar-refractivity contribution in [1.82, 2.24) is 0 Å². The molecule has 1 unspecified atom stereocenters. The number of benzene rings is 3. The highest BCUT2D eigenvalue weighted by molar-refractivity contribution is 8.01. The molecule has 0 amide bonds. The molecule has 0 aromatic heterocycles. The van der Waals surface area contributed by atoms with Crippen LogP contribution in [0.4, 0.5) is 0 Å². The van der Waals surface area contributed by atoms with E-state index >= 15 is 0 Å². The SMILES string of the molecule is COC1(C)c2ccccc2-c2c1cc(O)c1cc(SC)c(SC)cc21. The lowest BCUT2D eigenvalue weighted by atomic mass is 9.91. The fraction of sp³-hybridized carbons (Fsp3) is 0.238. The monoisotopic (exact) mass is 368 g/mol. The number of methoxy groups -OCH3 is 1. The van der Waals surface area contributed by atoms with Crippen LogP contribution in [0.25, 0.3) is 21.9 Å². The number of hydrogen-bond acceptors (Lipinski definition) is 4. The predicted molar refractivity (Wildman–Crippen MR) is 108 cm³/mol. The van der Waals surface area contributed by atoms with E-state index in [0.29, 0.717) is 5.75 Å².